The van der Waals surface area contributed by atoms with E-state index in [0.717, 1.165) is 0 Å². The summed E-state index contributed by atoms with van der Waals surface area (Å²) in [7, 11) is 0. The van der Waals surface area contributed by atoms with Gasteiger partial charge in [0.15, 0.2) is 5.78 Å². The van der Waals surface area contributed by atoms with Crippen LogP contribution in [-0.4, -0.2) is 10.8 Å². The minimum Gasteiger partial charge on any atom is -0.456 e. The molecule has 1 aromatic heterocycles. The largest absolute Gasteiger partial charge is 0.456 e. The van der Waals surface area contributed by atoms with E-state index in [0.29, 0.717) is 16.5 Å². The van der Waals surface area contributed by atoms with E-state index in [9.17, 15) is 9.18 Å². The van der Waals surface area contributed by atoms with Crippen LogP contribution in [0.1, 0.15) is 16.1 Å². The predicted octanol–water partition coefficient (Wildman–Crippen LogP) is 5.75. The first kappa shape index (κ1) is 17.4. The van der Waals surface area contributed by atoms with Gasteiger partial charge in [-0.15, -0.1) is 0 Å². The minimum atomic E-state index is -0.511. The van der Waals surface area contributed by atoms with Gasteiger partial charge < -0.3 is 4.74 Å². The number of carbonyl (C=O) groups is 1. The maximum atomic E-state index is 13.8. The number of hydrogen-bond donors (Lipinski definition) is 0. The van der Waals surface area contributed by atoms with Crippen LogP contribution in [0.2, 0.25) is 10.0 Å². The molecule has 0 spiro atoms. The molecule has 126 valence electrons. The molecule has 0 amide bonds. The summed E-state index contributed by atoms with van der Waals surface area (Å²) < 4.78 is 19.4. The van der Waals surface area contributed by atoms with Crippen molar-refractivity contribution in [2.75, 3.05) is 0 Å². The van der Waals surface area contributed by atoms with Crippen LogP contribution in [0.3, 0.4) is 0 Å². The third kappa shape index (κ3) is 4.56. The molecule has 2 aromatic carbocycles. The van der Waals surface area contributed by atoms with Crippen LogP contribution in [0.5, 0.6) is 11.5 Å². The van der Waals surface area contributed by atoms with Crippen molar-refractivity contribution in [3.05, 3.63) is 87.9 Å². The van der Waals surface area contributed by atoms with Crippen LogP contribution in [0.15, 0.2) is 60.8 Å². The van der Waals surface area contributed by atoms with E-state index in [1.807, 2.05) is 0 Å². The summed E-state index contributed by atoms with van der Waals surface area (Å²) in [5.74, 6) is 0.285. The number of halogens is 3. The highest BCUT2D eigenvalue weighted by Gasteiger charge is 2.12. The molecule has 0 aliphatic rings. The van der Waals surface area contributed by atoms with Crippen molar-refractivity contribution in [1.82, 2.24) is 4.98 Å². The van der Waals surface area contributed by atoms with E-state index >= 15 is 0 Å². The molecule has 0 bridgehead atoms. The van der Waals surface area contributed by atoms with E-state index in [2.05, 4.69) is 4.98 Å². The van der Waals surface area contributed by atoms with E-state index in [-0.39, 0.29) is 28.5 Å². The maximum absolute atomic E-state index is 13.8. The summed E-state index contributed by atoms with van der Waals surface area (Å²) in [4.78, 5) is 16.3. The molecule has 0 aliphatic carbocycles. The van der Waals surface area contributed by atoms with Gasteiger partial charge >= 0.3 is 0 Å². The van der Waals surface area contributed by atoms with Crippen molar-refractivity contribution in [3.63, 3.8) is 0 Å². The lowest BCUT2D eigenvalue weighted by molar-refractivity contribution is 0.0987. The van der Waals surface area contributed by atoms with Crippen molar-refractivity contribution in [2.24, 2.45) is 0 Å². The molecule has 0 aliphatic heterocycles. The van der Waals surface area contributed by atoms with Crippen molar-refractivity contribution in [3.8, 4) is 11.5 Å². The summed E-state index contributed by atoms with van der Waals surface area (Å²) in [5, 5.41) is 0.899. The number of ketones is 1. The van der Waals surface area contributed by atoms with E-state index < -0.39 is 5.82 Å². The second-order valence-corrected chi connectivity index (χ2v) is 6.14. The zero-order valence-electron chi connectivity index (χ0n) is 12.9. The quantitative estimate of drug-likeness (QED) is 0.533. The summed E-state index contributed by atoms with van der Waals surface area (Å²) in [6.07, 6.45) is 1.35. The number of pyridine rings is 1. The first-order chi connectivity index (χ1) is 12.0. The van der Waals surface area contributed by atoms with Crippen molar-refractivity contribution in [1.29, 1.82) is 0 Å². The van der Waals surface area contributed by atoms with Gasteiger partial charge in [0.2, 0.25) is 0 Å². The Morgan fingerprint density at radius 3 is 2.28 bits per heavy atom. The second-order valence-electron chi connectivity index (χ2n) is 5.27. The minimum absolute atomic E-state index is 0.0899. The molecule has 6 heteroatoms. The molecule has 0 atom stereocenters. The average Bonchev–Trinajstić information content (AvgIpc) is 2.60. The number of Topliss-reactive ketones (excluding diaryl/α,β-unsaturated/α-hetero) is 1. The highest BCUT2D eigenvalue weighted by atomic mass is 35.5. The lowest BCUT2D eigenvalue weighted by atomic mass is 10.1. The first-order valence-electron chi connectivity index (χ1n) is 7.38. The molecule has 0 radical (unpaired) electrons. The molecule has 0 fully saturated rings. The summed E-state index contributed by atoms with van der Waals surface area (Å²) in [6, 6.07) is 14.3. The number of benzene rings is 2. The van der Waals surface area contributed by atoms with Crippen molar-refractivity contribution in [2.45, 2.75) is 6.42 Å². The standard InChI is InChI=1S/C19H12Cl2FNO2/c20-13-3-5-15(6-4-13)25-16-7-8-18(23-11-16)19(24)9-12-1-2-14(21)10-17(12)22/h1-8,10-11H,9H2. The van der Waals surface area contributed by atoms with Gasteiger partial charge in [-0.05, 0) is 54.1 Å². The average molecular weight is 376 g/mol. The third-order valence-corrected chi connectivity index (χ3v) is 3.92. The van der Waals surface area contributed by atoms with Crippen molar-refractivity contribution < 1.29 is 13.9 Å². The van der Waals surface area contributed by atoms with Gasteiger partial charge in [-0.3, -0.25) is 4.79 Å². The van der Waals surface area contributed by atoms with Gasteiger partial charge in [0.25, 0.3) is 0 Å². The number of aromatic nitrogens is 1. The van der Waals surface area contributed by atoms with Gasteiger partial charge in [0.1, 0.15) is 23.0 Å². The maximum Gasteiger partial charge on any atom is 0.185 e. The van der Waals surface area contributed by atoms with Gasteiger partial charge in [-0.1, -0.05) is 29.3 Å². The molecular weight excluding hydrogens is 364 g/mol. The Balaban J connectivity index is 1.68. The normalized spacial score (nSPS) is 10.5. The Labute approximate surface area is 154 Å². The number of ether oxygens (including phenoxy) is 1. The van der Waals surface area contributed by atoms with Gasteiger partial charge in [0.05, 0.1) is 6.20 Å². The van der Waals surface area contributed by atoms with Crippen LogP contribution in [0.4, 0.5) is 4.39 Å². The Bertz CT molecular complexity index is 896. The second kappa shape index (κ2) is 7.64. The fourth-order valence-electron chi connectivity index (χ4n) is 2.17. The molecule has 1 heterocycles. The number of hydrogen-bond acceptors (Lipinski definition) is 3. The monoisotopic (exact) mass is 375 g/mol. The smallest absolute Gasteiger partial charge is 0.185 e. The van der Waals surface area contributed by atoms with Gasteiger partial charge in [-0.2, -0.15) is 0 Å². The topological polar surface area (TPSA) is 39.2 Å². The fraction of sp³-hybridized carbons (Fsp3) is 0.0526. The van der Waals surface area contributed by atoms with Crippen LogP contribution in [-0.2, 0) is 6.42 Å². The predicted molar refractivity (Wildman–Crippen MR) is 95.2 cm³/mol. The van der Waals surface area contributed by atoms with Crippen LogP contribution >= 0.6 is 23.2 Å². The molecular formula is C19H12Cl2FNO2. The Kier molecular flexibility index (Phi) is 5.31. The van der Waals surface area contributed by atoms with Crippen LogP contribution in [0, 0.1) is 5.82 Å². The lowest BCUT2D eigenvalue weighted by Crippen LogP contribution is -2.07. The van der Waals surface area contributed by atoms with Crippen LogP contribution in [0.25, 0.3) is 0 Å². The van der Waals surface area contributed by atoms with Crippen LogP contribution < -0.4 is 4.74 Å². The Hall–Kier alpha value is -2.43. The SMILES string of the molecule is O=C(Cc1ccc(Cl)cc1F)c1ccc(Oc2ccc(Cl)cc2)cn1. The molecule has 25 heavy (non-hydrogen) atoms. The third-order valence-electron chi connectivity index (χ3n) is 3.44. The van der Waals surface area contributed by atoms with E-state index in [4.69, 9.17) is 27.9 Å². The summed E-state index contributed by atoms with van der Waals surface area (Å²) in [6.45, 7) is 0. The van der Waals surface area contributed by atoms with E-state index in [1.54, 1.807) is 42.5 Å². The first-order valence-corrected chi connectivity index (χ1v) is 8.13. The zero-order chi connectivity index (χ0) is 17.8. The fourth-order valence-corrected chi connectivity index (χ4v) is 2.46. The molecule has 3 nitrogen and oxygen atoms in total. The Morgan fingerprint density at radius 1 is 0.960 bits per heavy atom. The summed E-state index contributed by atoms with van der Waals surface area (Å²) >= 11 is 11.5. The number of nitrogens with zero attached hydrogens (tertiary/aromatic N) is 1. The van der Waals surface area contributed by atoms with Crippen molar-refractivity contribution >= 4 is 29.0 Å². The molecule has 0 saturated carbocycles. The lowest BCUT2D eigenvalue weighted by Gasteiger charge is -2.06. The molecule has 3 rings (SSSR count). The molecule has 3 aromatic rings. The molecule has 0 N–H and O–H groups in total. The Morgan fingerprint density at radius 2 is 1.64 bits per heavy atom. The number of carbonyl (C=O) groups excluding carboxylic acids is 1. The van der Waals surface area contributed by atoms with Gasteiger partial charge in [0, 0.05) is 16.5 Å². The molecule has 0 unspecified atom stereocenters. The summed E-state index contributed by atoms with van der Waals surface area (Å²) in [5.41, 5.74) is 0.510. The molecule has 0 saturated heterocycles. The highest BCUT2D eigenvalue weighted by Crippen LogP contribution is 2.23. The van der Waals surface area contributed by atoms with E-state index in [1.165, 1.54) is 18.3 Å². The zero-order valence-corrected chi connectivity index (χ0v) is 14.4. The number of rotatable bonds is 5. The van der Waals surface area contributed by atoms with Gasteiger partial charge in [-0.25, -0.2) is 9.37 Å². The highest BCUT2D eigenvalue weighted by molar-refractivity contribution is 6.30.